The fourth-order valence-electron chi connectivity index (χ4n) is 5.35. The summed E-state index contributed by atoms with van der Waals surface area (Å²) in [6.45, 7) is 1.37. The largest absolute Gasteiger partial charge is 0.494 e. The fraction of sp³-hybridized carbons (Fsp3) is 0.586. The number of aliphatic carboxylic acids is 1. The molecular formula is C29H40N6O4. The number of nitrogens with one attached hydrogen (secondary N) is 2. The van der Waals surface area contributed by atoms with Gasteiger partial charge in [-0.3, -0.25) is 9.36 Å². The van der Waals surface area contributed by atoms with Crippen LogP contribution in [0.1, 0.15) is 89.7 Å². The summed E-state index contributed by atoms with van der Waals surface area (Å²) in [5, 5.41) is 15.8. The lowest BCUT2D eigenvalue weighted by Crippen LogP contribution is -2.23. The van der Waals surface area contributed by atoms with Gasteiger partial charge in [-0.15, -0.1) is 0 Å². The number of benzene rings is 1. The number of fused-ring (bicyclic) bond motifs is 1. The molecule has 1 saturated carbocycles. The molecule has 1 unspecified atom stereocenters. The molecule has 0 amide bonds. The number of nitrogens with zero attached hydrogens (tertiary/aromatic N) is 4. The molecule has 10 heteroatoms. The maximum Gasteiger partial charge on any atom is 0.303 e. The zero-order valence-corrected chi connectivity index (χ0v) is 22.6. The Morgan fingerprint density at radius 3 is 2.56 bits per heavy atom. The highest BCUT2D eigenvalue weighted by Crippen LogP contribution is 2.31. The number of aromatic nitrogens is 4. The number of unbranched alkanes of at least 4 members (excludes halogenated alkanes) is 3. The third-order valence-electron chi connectivity index (χ3n) is 7.50. The van der Waals surface area contributed by atoms with Crippen LogP contribution in [0.4, 0.5) is 17.5 Å². The first-order valence-corrected chi connectivity index (χ1v) is 14.5. The Bertz CT molecular complexity index is 1200. The summed E-state index contributed by atoms with van der Waals surface area (Å²) >= 11 is 0. The van der Waals surface area contributed by atoms with E-state index in [2.05, 4.69) is 10.6 Å². The molecule has 1 aromatic carbocycles. The lowest BCUT2D eigenvalue weighted by atomic mass is 9.95. The van der Waals surface area contributed by atoms with Crippen molar-refractivity contribution < 1.29 is 19.4 Å². The zero-order chi connectivity index (χ0) is 26.9. The highest BCUT2D eigenvalue weighted by atomic mass is 16.5. The molecule has 3 N–H and O–H groups in total. The van der Waals surface area contributed by atoms with Crippen molar-refractivity contribution in [2.75, 3.05) is 23.8 Å². The molecule has 3 heterocycles. The van der Waals surface area contributed by atoms with Crippen LogP contribution in [-0.4, -0.2) is 49.9 Å². The second-order valence-corrected chi connectivity index (χ2v) is 10.6. The SMILES string of the molecule is O=C(O)CCCCCCOc1ccc(Nc2nc(NC3CCCCC3)c3ncn(C4CCCCO4)c3n2)cc1. The Balaban J connectivity index is 1.25. The molecular weight excluding hydrogens is 496 g/mol. The van der Waals surface area contributed by atoms with Crippen molar-refractivity contribution in [3.8, 4) is 5.75 Å². The molecule has 39 heavy (non-hydrogen) atoms. The van der Waals surface area contributed by atoms with Crippen LogP contribution in [0.25, 0.3) is 11.2 Å². The second-order valence-electron chi connectivity index (χ2n) is 10.6. The summed E-state index contributed by atoms with van der Waals surface area (Å²) < 4.78 is 14.0. The number of carboxylic acids is 1. The molecule has 2 fully saturated rings. The van der Waals surface area contributed by atoms with Gasteiger partial charge in [0.2, 0.25) is 5.95 Å². The number of imidazole rings is 1. The number of rotatable bonds is 13. The van der Waals surface area contributed by atoms with E-state index in [1.807, 2.05) is 35.2 Å². The molecule has 210 valence electrons. The predicted molar refractivity (Wildman–Crippen MR) is 151 cm³/mol. The minimum Gasteiger partial charge on any atom is -0.494 e. The molecule has 0 bridgehead atoms. The summed E-state index contributed by atoms with van der Waals surface area (Å²) in [6, 6.07) is 8.20. The normalized spacial score (nSPS) is 18.2. The van der Waals surface area contributed by atoms with E-state index in [1.165, 1.54) is 19.3 Å². The highest BCUT2D eigenvalue weighted by molar-refractivity contribution is 5.85. The van der Waals surface area contributed by atoms with Gasteiger partial charge in [-0.2, -0.15) is 9.97 Å². The quantitative estimate of drug-likeness (QED) is 0.212. The standard InChI is InChI=1S/C29H40N6O4/c36-25(37)13-6-1-2-8-18-38-23-16-14-22(15-17-23)32-29-33-27(31-21-10-4-3-5-11-21)26-28(34-29)35(20-30-26)24-12-7-9-19-39-24/h14-17,20-21,24H,1-13,18-19H2,(H,36,37)(H2,31,32,33,34). The number of ether oxygens (including phenoxy) is 2. The number of carboxylic acid groups (broad SMARTS) is 1. The van der Waals surface area contributed by atoms with Crippen molar-refractivity contribution in [3.63, 3.8) is 0 Å². The van der Waals surface area contributed by atoms with Crippen molar-refractivity contribution in [2.45, 2.75) is 95.7 Å². The first-order chi connectivity index (χ1) is 19.2. The number of carbonyl (C=O) groups is 1. The van der Waals surface area contributed by atoms with Gasteiger partial charge in [0.25, 0.3) is 0 Å². The van der Waals surface area contributed by atoms with E-state index in [9.17, 15) is 4.79 Å². The van der Waals surface area contributed by atoms with Crippen LogP contribution in [0.2, 0.25) is 0 Å². The van der Waals surface area contributed by atoms with Gasteiger partial charge in [0.1, 0.15) is 12.0 Å². The first-order valence-electron chi connectivity index (χ1n) is 14.5. The van der Waals surface area contributed by atoms with E-state index < -0.39 is 5.97 Å². The number of hydrogen-bond acceptors (Lipinski definition) is 8. The van der Waals surface area contributed by atoms with E-state index in [0.717, 1.165) is 92.8 Å². The Hall–Kier alpha value is -3.40. The van der Waals surface area contributed by atoms with E-state index in [0.29, 0.717) is 18.6 Å². The zero-order valence-electron chi connectivity index (χ0n) is 22.6. The van der Waals surface area contributed by atoms with Crippen molar-refractivity contribution in [2.24, 2.45) is 0 Å². The Morgan fingerprint density at radius 1 is 1.00 bits per heavy atom. The lowest BCUT2D eigenvalue weighted by molar-refractivity contribution is -0.137. The van der Waals surface area contributed by atoms with E-state index >= 15 is 0 Å². The number of hydrogen-bond donors (Lipinski definition) is 3. The summed E-state index contributed by atoms with van der Waals surface area (Å²) in [6.07, 6.45) is 14.7. The molecule has 5 rings (SSSR count). The van der Waals surface area contributed by atoms with Crippen LogP contribution in [0.3, 0.4) is 0 Å². The molecule has 10 nitrogen and oxygen atoms in total. The van der Waals surface area contributed by atoms with Crippen molar-refractivity contribution in [1.82, 2.24) is 19.5 Å². The minimum absolute atomic E-state index is 0.0531. The van der Waals surface area contributed by atoms with Crippen molar-refractivity contribution in [1.29, 1.82) is 0 Å². The maximum absolute atomic E-state index is 10.6. The van der Waals surface area contributed by atoms with Gasteiger partial charge in [-0.1, -0.05) is 32.1 Å². The Labute approximate surface area is 229 Å². The fourth-order valence-corrected chi connectivity index (χ4v) is 5.35. The van der Waals surface area contributed by atoms with E-state index in [-0.39, 0.29) is 12.6 Å². The summed E-state index contributed by atoms with van der Waals surface area (Å²) in [5.74, 6) is 1.36. The molecule has 1 atom stereocenters. The average molecular weight is 537 g/mol. The Kier molecular flexibility index (Phi) is 9.47. The molecule has 2 aliphatic rings. The topological polar surface area (TPSA) is 123 Å². The molecule has 2 aromatic heterocycles. The van der Waals surface area contributed by atoms with Gasteiger partial charge in [-0.25, -0.2) is 4.98 Å². The van der Waals surface area contributed by atoms with Crippen LogP contribution in [0.5, 0.6) is 5.75 Å². The summed E-state index contributed by atoms with van der Waals surface area (Å²) in [7, 11) is 0. The monoisotopic (exact) mass is 536 g/mol. The minimum atomic E-state index is -0.731. The average Bonchev–Trinajstić information content (AvgIpc) is 3.39. The third kappa shape index (κ3) is 7.59. The molecule has 0 spiro atoms. The van der Waals surface area contributed by atoms with Crippen molar-refractivity contribution >= 4 is 34.6 Å². The van der Waals surface area contributed by atoms with E-state index in [4.69, 9.17) is 29.5 Å². The third-order valence-corrected chi connectivity index (χ3v) is 7.50. The van der Waals surface area contributed by atoms with Gasteiger partial charge in [0, 0.05) is 24.8 Å². The second kappa shape index (κ2) is 13.6. The molecule has 1 aliphatic carbocycles. The van der Waals surface area contributed by atoms with Crippen molar-refractivity contribution in [3.05, 3.63) is 30.6 Å². The summed E-state index contributed by atoms with van der Waals surface area (Å²) in [5.41, 5.74) is 2.44. The van der Waals surface area contributed by atoms with Crippen LogP contribution in [0, 0.1) is 0 Å². The molecule has 3 aromatic rings. The summed E-state index contributed by atoms with van der Waals surface area (Å²) in [4.78, 5) is 25.0. The van der Waals surface area contributed by atoms with Crippen LogP contribution in [-0.2, 0) is 9.53 Å². The highest BCUT2D eigenvalue weighted by Gasteiger charge is 2.23. The molecule has 1 aliphatic heterocycles. The molecule has 0 radical (unpaired) electrons. The smallest absolute Gasteiger partial charge is 0.303 e. The lowest BCUT2D eigenvalue weighted by Gasteiger charge is -2.25. The predicted octanol–water partition coefficient (Wildman–Crippen LogP) is 6.43. The number of anilines is 3. The van der Waals surface area contributed by atoms with Gasteiger partial charge in [-0.05, 0) is 69.2 Å². The van der Waals surface area contributed by atoms with Crippen LogP contribution >= 0.6 is 0 Å². The van der Waals surface area contributed by atoms with Crippen LogP contribution < -0.4 is 15.4 Å². The van der Waals surface area contributed by atoms with Gasteiger partial charge in [0.05, 0.1) is 12.9 Å². The maximum atomic E-state index is 10.6. The van der Waals surface area contributed by atoms with Gasteiger partial charge in [0.15, 0.2) is 17.0 Å². The Morgan fingerprint density at radius 2 is 1.79 bits per heavy atom. The van der Waals surface area contributed by atoms with Gasteiger partial charge >= 0.3 is 5.97 Å². The molecule has 1 saturated heterocycles. The van der Waals surface area contributed by atoms with E-state index in [1.54, 1.807) is 0 Å². The van der Waals surface area contributed by atoms with Gasteiger partial charge < -0.3 is 25.2 Å². The first kappa shape index (κ1) is 27.2. The van der Waals surface area contributed by atoms with Crippen LogP contribution in [0.15, 0.2) is 30.6 Å².